The number of phenolic OH excluding ortho intramolecular Hbond substituents is 1. The Morgan fingerprint density at radius 1 is 1.05 bits per heavy atom. The van der Waals surface area contributed by atoms with Crippen LogP contribution >= 0.6 is 0 Å². The molecule has 1 aromatic carbocycles. The molecular formula is C16H18N2O3. The van der Waals surface area contributed by atoms with Gasteiger partial charge in [-0.15, -0.1) is 0 Å². The van der Waals surface area contributed by atoms with Gasteiger partial charge in [0.1, 0.15) is 5.58 Å². The molecule has 0 bridgehead atoms. The summed E-state index contributed by atoms with van der Waals surface area (Å²) in [7, 11) is 0. The predicted octanol–water partition coefficient (Wildman–Crippen LogP) is 2.33. The Morgan fingerprint density at radius 3 is 2.57 bits per heavy atom. The first-order valence-corrected chi connectivity index (χ1v) is 7.36. The van der Waals surface area contributed by atoms with Crippen LogP contribution in [-0.4, -0.2) is 42.7 Å². The van der Waals surface area contributed by atoms with Gasteiger partial charge < -0.3 is 24.2 Å². The van der Waals surface area contributed by atoms with Crippen LogP contribution in [0.3, 0.4) is 0 Å². The lowest BCUT2D eigenvalue weighted by atomic mass is 10.0. The third kappa shape index (κ3) is 2.09. The Morgan fingerprint density at radius 2 is 1.76 bits per heavy atom. The number of nitrogens with zero attached hydrogens (tertiary/aromatic N) is 1. The minimum absolute atomic E-state index is 0.171. The third-order valence-corrected chi connectivity index (χ3v) is 4.29. The smallest absolute Gasteiger partial charge is 0.176 e. The Hall–Kier alpha value is -1.98. The van der Waals surface area contributed by atoms with E-state index in [-0.39, 0.29) is 5.75 Å². The van der Waals surface area contributed by atoms with E-state index in [0.29, 0.717) is 5.58 Å². The summed E-state index contributed by atoms with van der Waals surface area (Å²) in [5, 5.41) is 15.3. The summed E-state index contributed by atoms with van der Waals surface area (Å²) >= 11 is 0. The Labute approximate surface area is 122 Å². The van der Waals surface area contributed by atoms with Gasteiger partial charge >= 0.3 is 0 Å². The number of rotatable bonds is 3. The van der Waals surface area contributed by atoms with Crippen molar-refractivity contribution in [3.05, 3.63) is 30.2 Å². The largest absolute Gasteiger partial charge is 0.504 e. The molecule has 3 aromatic rings. The maximum atomic E-state index is 10.3. The van der Waals surface area contributed by atoms with Gasteiger partial charge in [-0.25, -0.2) is 0 Å². The van der Waals surface area contributed by atoms with Crippen molar-refractivity contribution in [1.29, 1.82) is 0 Å². The lowest BCUT2D eigenvalue weighted by molar-refractivity contribution is 0.244. The highest BCUT2D eigenvalue weighted by Gasteiger charge is 2.19. The van der Waals surface area contributed by atoms with E-state index in [4.69, 9.17) is 8.83 Å². The molecule has 0 amide bonds. The first-order chi connectivity index (χ1) is 10.3. The third-order valence-electron chi connectivity index (χ3n) is 4.29. The molecule has 0 spiro atoms. The summed E-state index contributed by atoms with van der Waals surface area (Å²) in [4.78, 5) is 2.45. The van der Waals surface area contributed by atoms with Crippen LogP contribution in [0.2, 0.25) is 0 Å². The van der Waals surface area contributed by atoms with E-state index in [9.17, 15) is 5.11 Å². The van der Waals surface area contributed by atoms with Crippen LogP contribution in [-0.2, 0) is 6.42 Å². The molecule has 4 rings (SSSR count). The maximum absolute atomic E-state index is 10.3. The van der Waals surface area contributed by atoms with Gasteiger partial charge in [-0.3, -0.25) is 0 Å². The molecule has 1 aliphatic heterocycles. The van der Waals surface area contributed by atoms with Crippen LogP contribution in [0.1, 0.15) is 5.56 Å². The normalized spacial score (nSPS) is 17.0. The van der Waals surface area contributed by atoms with Crippen molar-refractivity contribution in [1.82, 2.24) is 10.2 Å². The molecule has 0 aliphatic carbocycles. The molecule has 21 heavy (non-hydrogen) atoms. The highest BCUT2D eigenvalue weighted by Crippen LogP contribution is 2.38. The first kappa shape index (κ1) is 12.7. The van der Waals surface area contributed by atoms with Crippen molar-refractivity contribution in [3.8, 4) is 5.75 Å². The van der Waals surface area contributed by atoms with Gasteiger partial charge in [0.25, 0.3) is 0 Å². The van der Waals surface area contributed by atoms with Crippen LogP contribution in [0.4, 0.5) is 0 Å². The van der Waals surface area contributed by atoms with E-state index in [1.54, 1.807) is 18.6 Å². The number of piperazine rings is 1. The number of benzene rings is 1. The van der Waals surface area contributed by atoms with Crippen LogP contribution in [0.15, 0.2) is 33.5 Å². The number of hydrogen-bond acceptors (Lipinski definition) is 5. The summed E-state index contributed by atoms with van der Waals surface area (Å²) in [6, 6.07) is 3.70. The van der Waals surface area contributed by atoms with Gasteiger partial charge in [0.15, 0.2) is 11.3 Å². The van der Waals surface area contributed by atoms with E-state index in [1.165, 1.54) is 0 Å². The monoisotopic (exact) mass is 286 g/mol. The standard InChI is InChI=1S/C16H18N2O3/c19-14-13-3-10-20-15(13)11(12-2-9-21-16(12)14)1-6-18-7-4-17-5-8-18/h2-3,9-10,17,19H,1,4-8H2. The Kier molecular flexibility index (Phi) is 3.09. The molecule has 5 nitrogen and oxygen atoms in total. The number of furan rings is 2. The summed E-state index contributed by atoms with van der Waals surface area (Å²) in [5.41, 5.74) is 2.45. The van der Waals surface area contributed by atoms with Crippen molar-refractivity contribution in [2.75, 3.05) is 32.7 Å². The van der Waals surface area contributed by atoms with Crippen molar-refractivity contribution < 1.29 is 13.9 Å². The predicted molar refractivity (Wildman–Crippen MR) is 80.7 cm³/mol. The van der Waals surface area contributed by atoms with Gasteiger partial charge in [0.2, 0.25) is 0 Å². The molecule has 1 aliphatic rings. The second kappa shape index (κ2) is 5.09. The zero-order chi connectivity index (χ0) is 14.2. The SMILES string of the molecule is Oc1c2ccoc2c(CCN2CCNCC2)c2ccoc12. The number of aromatic hydroxyl groups is 1. The van der Waals surface area contributed by atoms with E-state index < -0.39 is 0 Å². The summed E-state index contributed by atoms with van der Waals surface area (Å²) in [6.45, 7) is 5.24. The lowest BCUT2D eigenvalue weighted by Gasteiger charge is -2.27. The van der Waals surface area contributed by atoms with E-state index in [1.807, 2.05) is 6.07 Å². The topological polar surface area (TPSA) is 61.8 Å². The van der Waals surface area contributed by atoms with Crippen molar-refractivity contribution >= 4 is 21.9 Å². The molecule has 2 N–H and O–H groups in total. The van der Waals surface area contributed by atoms with Gasteiger partial charge in [-0.2, -0.15) is 0 Å². The zero-order valence-corrected chi connectivity index (χ0v) is 11.8. The van der Waals surface area contributed by atoms with Gasteiger partial charge in [-0.05, 0) is 18.6 Å². The minimum atomic E-state index is 0.171. The van der Waals surface area contributed by atoms with Crippen LogP contribution < -0.4 is 5.32 Å². The van der Waals surface area contributed by atoms with Crippen molar-refractivity contribution in [3.63, 3.8) is 0 Å². The van der Waals surface area contributed by atoms with E-state index >= 15 is 0 Å². The average Bonchev–Trinajstić information content (AvgIpc) is 3.17. The molecule has 2 aromatic heterocycles. The van der Waals surface area contributed by atoms with E-state index in [0.717, 1.165) is 61.1 Å². The molecule has 1 fully saturated rings. The zero-order valence-electron chi connectivity index (χ0n) is 11.8. The Balaban J connectivity index is 1.73. The fourth-order valence-corrected chi connectivity index (χ4v) is 3.16. The molecule has 0 unspecified atom stereocenters. The highest BCUT2D eigenvalue weighted by atomic mass is 16.4. The lowest BCUT2D eigenvalue weighted by Crippen LogP contribution is -2.44. The number of fused-ring (bicyclic) bond motifs is 2. The molecule has 1 saturated heterocycles. The van der Waals surface area contributed by atoms with Gasteiger partial charge in [-0.1, -0.05) is 0 Å². The molecule has 5 heteroatoms. The van der Waals surface area contributed by atoms with Gasteiger partial charge in [0, 0.05) is 43.7 Å². The molecule has 0 atom stereocenters. The summed E-state index contributed by atoms with van der Waals surface area (Å²) < 4.78 is 11.1. The fraction of sp³-hybridized carbons (Fsp3) is 0.375. The number of hydrogen-bond donors (Lipinski definition) is 2. The summed E-state index contributed by atoms with van der Waals surface area (Å²) in [6.07, 6.45) is 4.13. The minimum Gasteiger partial charge on any atom is -0.504 e. The number of nitrogens with one attached hydrogen (secondary N) is 1. The number of phenols is 1. The maximum Gasteiger partial charge on any atom is 0.176 e. The molecular weight excluding hydrogens is 268 g/mol. The average molecular weight is 286 g/mol. The molecule has 0 saturated carbocycles. The van der Waals surface area contributed by atoms with Crippen LogP contribution in [0, 0.1) is 0 Å². The van der Waals surface area contributed by atoms with Crippen molar-refractivity contribution in [2.45, 2.75) is 6.42 Å². The van der Waals surface area contributed by atoms with Crippen LogP contribution in [0.25, 0.3) is 21.9 Å². The highest BCUT2D eigenvalue weighted by molar-refractivity contribution is 6.03. The molecule has 110 valence electrons. The van der Waals surface area contributed by atoms with Crippen LogP contribution in [0.5, 0.6) is 5.75 Å². The fourth-order valence-electron chi connectivity index (χ4n) is 3.16. The van der Waals surface area contributed by atoms with E-state index in [2.05, 4.69) is 10.2 Å². The van der Waals surface area contributed by atoms with Gasteiger partial charge in [0.05, 0.1) is 17.9 Å². The second-order valence-electron chi connectivity index (χ2n) is 5.50. The quantitative estimate of drug-likeness (QED) is 0.774. The molecule has 0 radical (unpaired) electrons. The first-order valence-electron chi connectivity index (χ1n) is 7.36. The molecule has 3 heterocycles. The van der Waals surface area contributed by atoms with Crippen molar-refractivity contribution in [2.24, 2.45) is 0 Å². The summed E-state index contributed by atoms with van der Waals surface area (Å²) in [5.74, 6) is 0.171. The Bertz CT molecular complexity index is 717. The second-order valence-corrected chi connectivity index (χ2v) is 5.50.